The highest BCUT2D eigenvalue weighted by molar-refractivity contribution is 14.1. The first-order valence-electron chi connectivity index (χ1n) is 3.26. The van der Waals surface area contributed by atoms with Crippen molar-refractivity contribution in [1.82, 2.24) is 0 Å². The van der Waals surface area contributed by atoms with Crippen LogP contribution in [0.5, 0.6) is 0 Å². The predicted octanol–water partition coefficient (Wildman–Crippen LogP) is 2.54. The Labute approximate surface area is 83.4 Å². The highest BCUT2D eigenvalue weighted by Crippen LogP contribution is 2.08. The molecule has 4 heteroatoms. The summed E-state index contributed by atoms with van der Waals surface area (Å²) in [7, 11) is 0. The number of nitro groups is 1. The lowest BCUT2D eigenvalue weighted by atomic mass is 10.2. The fourth-order valence-electron chi connectivity index (χ4n) is 0.757. The van der Waals surface area contributed by atoms with Crippen LogP contribution in [0.3, 0.4) is 0 Å². The van der Waals surface area contributed by atoms with E-state index < -0.39 is 4.92 Å². The van der Waals surface area contributed by atoms with Gasteiger partial charge in [-0.3, -0.25) is 10.1 Å². The first-order chi connectivity index (χ1) is 5.68. The van der Waals surface area contributed by atoms with E-state index in [4.69, 9.17) is 0 Å². The van der Waals surface area contributed by atoms with Gasteiger partial charge in [0, 0.05) is 9.65 Å². The minimum Gasteiger partial charge on any atom is -0.259 e. The smallest absolute Gasteiger partial charge is 0.235 e. The maximum Gasteiger partial charge on any atom is 0.235 e. The van der Waals surface area contributed by atoms with Crippen molar-refractivity contribution in [2.24, 2.45) is 0 Å². The SMILES string of the molecule is O=[N+]([O-])C=Cc1cccc(I)c1. The van der Waals surface area contributed by atoms with E-state index in [-0.39, 0.29) is 0 Å². The second-order valence-corrected chi connectivity index (χ2v) is 3.40. The van der Waals surface area contributed by atoms with E-state index in [1.54, 1.807) is 0 Å². The summed E-state index contributed by atoms with van der Waals surface area (Å²) in [5, 5.41) is 9.97. The number of halogens is 1. The van der Waals surface area contributed by atoms with E-state index in [9.17, 15) is 10.1 Å². The number of hydrogen-bond acceptors (Lipinski definition) is 2. The van der Waals surface area contributed by atoms with Crippen molar-refractivity contribution in [2.45, 2.75) is 0 Å². The topological polar surface area (TPSA) is 43.1 Å². The van der Waals surface area contributed by atoms with E-state index in [0.717, 1.165) is 15.3 Å². The largest absolute Gasteiger partial charge is 0.259 e. The fourth-order valence-corrected chi connectivity index (χ4v) is 1.32. The van der Waals surface area contributed by atoms with E-state index in [2.05, 4.69) is 22.6 Å². The number of nitrogens with zero attached hydrogens (tertiary/aromatic N) is 1. The summed E-state index contributed by atoms with van der Waals surface area (Å²) in [6.45, 7) is 0. The summed E-state index contributed by atoms with van der Waals surface area (Å²) in [5.41, 5.74) is 0.846. The summed E-state index contributed by atoms with van der Waals surface area (Å²) >= 11 is 2.16. The molecule has 3 nitrogen and oxygen atoms in total. The van der Waals surface area contributed by atoms with Crippen molar-refractivity contribution in [1.29, 1.82) is 0 Å². The first-order valence-corrected chi connectivity index (χ1v) is 4.33. The molecule has 0 saturated carbocycles. The van der Waals surface area contributed by atoms with Gasteiger partial charge in [-0.05, 0) is 40.3 Å². The van der Waals surface area contributed by atoms with E-state index >= 15 is 0 Å². The van der Waals surface area contributed by atoms with Gasteiger partial charge >= 0.3 is 0 Å². The quantitative estimate of drug-likeness (QED) is 0.473. The number of benzene rings is 1. The Morgan fingerprint density at radius 2 is 2.25 bits per heavy atom. The molecule has 0 atom stereocenters. The van der Waals surface area contributed by atoms with Crippen molar-refractivity contribution in [3.05, 3.63) is 49.7 Å². The lowest BCUT2D eigenvalue weighted by molar-refractivity contribution is -0.400. The van der Waals surface area contributed by atoms with Gasteiger partial charge in [0.15, 0.2) is 0 Å². The second kappa shape index (κ2) is 4.20. The summed E-state index contributed by atoms with van der Waals surface area (Å²) in [4.78, 5) is 9.50. The zero-order valence-electron chi connectivity index (χ0n) is 6.11. The van der Waals surface area contributed by atoms with Gasteiger partial charge in [0.2, 0.25) is 6.20 Å². The van der Waals surface area contributed by atoms with Crippen molar-refractivity contribution in [2.75, 3.05) is 0 Å². The molecule has 0 spiro atoms. The van der Waals surface area contributed by atoms with Crippen LogP contribution in [-0.2, 0) is 0 Å². The monoisotopic (exact) mass is 275 g/mol. The van der Waals surface area contributed by atoms with Gasteiger partial charge in [-0.2, -0.15) is 0 Å². The molecule has 1 rings (SSSR count). The van der Waals surface area contributed by atoms with Crippen molar-refractivity contribution in [3.8, 4) is 0 Å². The highest BCUT2D eigenvalue weighted by Gasteiger charge is 1.90. The van der Waals surface area contributed by atoms with Crippen LogP contribution in [0.4, 0.5) is 0 Å². The Hall–Kier alpha value is -0.910. The average molecular weight is 275 g/mol. The van der Waals surface area contributed by atoms with Crippen LogP contribution in [0.1, 0.15) is 5.56 Å². The van der Waals surface area contributed by atoms with Gasteiger partial charge in [-0.1, -0.05) is 12.1 Å². The molecule has 62 valence electrons. The molecule has 1 aromatic rings. The Morgan fingerprint density at radius 3 is 2.83 bits per heavy atom. The van der Waals surface area contributed by atoms with Gasteiger partial charge in [-0.15, -0.1) is 0 Å². The Bertz CT molecular complexity index is 323. The van der Waals surface area contributed by atoms with Gasteiger partial charge in [0.25, 0.3) is 0 Å². The van der Waals surface area contributed by atoms with Crippen LogP contribution in [0.25, 0.3) is 6.08 Å². The first kappa shape index (κ1) is 9.18. The van der Waals surface area contributed by atoms with Crippen LogP contribution in [0.15, 0.2) is 30.5 Å². The predicted molar refractivity (Wildman–Crippen MR) is 55.2 cm³/mol. The maximum atomic E-state index is 9.97. The highest BCUT2D eigenvalue weighted by atomic mass is 127. The molecule has 0 aromatic heterocycles. The molecule has 0 radical (unpaired) electrons. The Morgan fingerprint density at radius 1 is 1.50 bits per heavy atom. The summed E-state index contributed by atoms with van der Waals surface area (Å²) in [6, 6.07) is 7.49. The molecule has 0 bridgehead atoms. The van der Waals surface area contributed by atoms with Crippen molar-refractivity contribution >= 4 is 28.7 Å². The molecule has 0 amide bonds. The molecule has 0 fully saturated rings. The molecule has 1 aromatic carbocycles. The van der Waals surface area contributed by atoms with Crippen LogP contribution >= 0.6 is 22.6 Å². The van der Waals surface area contributed by atoms with E-state index in [0.29, 0.717) is 0 Å². The lowest BCUT2D eigenvalue weighted by Gasteiger charge is -1.91. The molecule has 0 saturated heterocycles. The van der Waals surface area contributed by atoms with E-state index in [1.807, 2.05) is 24.3 Å². The third-order valence-electron chi connectivity index (χ3n) is 1.24. The van der Waals surface area contributed by atoms with Crippen LogP contribution in [-0.4, -0.2) is 4.92 Å². The summed E-state index contributed by atoms with van der Waals surface area (Å²) in [5.74, 6) is 0. The van der Waals surface area contributed by atoms with Crippen LogP contribution < -0.4 is 0 Å². The third-order valence-corrected chi connectivity index (χ3v) is 1.91. The molecular weight excluding hydrogens is 269 g/mol. The number of rotatable bonds is 2. The van der Waals surface area contributed by atoms with Gasteiger partial charge < -0.3 is 0 Å². The van der Waals surface area contributed by atoms with Gasteiger partial charge in [0.05, 0.1) is 4.92 Å². The van der Waals surface area contributed by atoms with Gasteiger partial charge in [0.1, 0.15) is 0 Å². The third kappa shape index (κ3) is 3.00. The molecule has 0 aliphatic rings. The molecule has 0 aliphatic heterocycles. The summed E-state index contributed by atoms with van der Waals surface area (Å²) in [6.07, 6.45) is 2.41. The van der Waals surface area contributed by atoms with Crippen LogP contribution in [0, 0.1) is 13.7 Å². The van der Waals surface area contributed by atoms with Gasteiger partial charge in [-0.25, -0.2) is 0 Å². The minimum atomic E-state index is -0.472. The molecule has 0 N–H and O–H groups in total. The Kier molecular flexibility index (Phi) is 3.21. The van der Waals surface area contributed by atoms with Crippen molar-refractivity contribution < 1.29 is 4.92 Å². The minimum absolute atomic E-state index is 0.472. The van der Waals surface area contributed by atoms with E-state index in [1.165, 1.54) is 6.08 Å². The fraction of sp³-hybridized carbons (Fsp3) is 0. The number of hydrogen-bond donors (Lipinski definition) is 0. The molecule has 0 heterocycles. The second-order valence-electron chi connectivity index (χ2n) is 2.16. The van der Waals surface area contributed by atoms with Crippen molar-refractivity contribution in [3.63, 3.8) is 0 Å². The molecular formula is C8H6INO2. The molecule has 0 unspecified atom stereocenters. The molecule has 0 aliphatic carbocycles. The summed E-state index contributed by atoms with van der Waals surface area (Å²) < 4.78 is 1.07. The molecule has 12 heavy (non-hydrogen) atoms. The normalized spacial score (nSPS) is 10.4. The Balaban J connectivity index is 2.83. The zero-order chi connectivity index (χ0) is 8.97. The van der Waals surface area contributed by atoms with Crippen LogP contribution in [0.2, 0.25) is 0 Å². The average Bonchev–Trinajstić information content (AvgIpc) is 2.01. The lowest BCUT2D eigenvalue weighted by Crippen LogP contribution is -1.82. The maximum absolute atomic E-state index is 9.97. The standard InChI is InChI=1S/C8H6INO2/c9-8-3-1-2-7(6-8)4-5-10(11)12/h1-6H. The zero-order valence-corrected chi connectivity index (χ0v) is 8.26.